The fourth-order valence-corrected chi connectivity index (χ4v) is 4.65. The van der Waals surface area contributed by atoms with Crippen LogP contribution in [0.25, 0.3) is 0 Å². The second-order valence-electron chi connectivity index (χ2n) is 9.81. The third-order valence-corrected chi connectivity index (χ3v) is 6.94. The van der Waals surface area contributed by atoms with Crippen molar-refractivity contribution in [2.24, 2.45) is 0 Å². The number of nitrogens with one attached hydrogen (secondary N) is 2. The Hall–Kier alpha value is -4.66. The zero-order valence-electron chi connectivity index (χ0n) is 23.3. The number of hydrogen-bond donors (Lipinski definition) is 2. The molecule has 4 rings (SSSR count). The van der Waals surface area contributed by atoms with Crippen molar-refractivity contribution in [3.05, 3.63) is 102 Å². The number of carbonyl (C=O) groups is 4. The van der Waals surface area contributed by atoms with Gasteiger partial charge in [0.25, 0.3) is 5.91 Å². The van der Waals surface area contributed by atoms with Gasteiger partial charge in [-0.2, -0.15) is 0 Å². The van der Waals surface area contributed by atoms with Gasteiger partial charge in [0.1, 0.15) is 24.9 Å². The first-order chi connectivity index (χ1) is 19.9. The van der Waals surface area contributed by atoms with Crippen LogP contribution < -0.4 is 15.4 Å². The quantitative estimate of drug-likeness (QED) is 0.466. The summed E-state index contributed by atoms with van der Waals surface area (Å²) in [5.41, 5.74) is 2.15. The van der Waals surface area contributed by atoms with E-state index in [-0.39, 0.29) is 37.6 Å². The highest BCUT2D eigenvalue weighted by atomic mass is 16.5. The van der Waals surface area contributed by atoms with Crippen LogP contribution >= 0.6 is 0 Å². The van der Waals surface area contributed by atoms with Crippen LogP contribution in [0.5, 0.6) is 5.75 Å². The topological polar surface area (TPSA) is 108 Å². The number of hydrogen-bond acceptors (Lipinski definition) is 5. The monoisotopic (exact) mass is 556 g/mol. The number of nitrogens with zero attached hydrogens (tertiary/aromatic N) is 2. The maximum absolute atomic E-state index is 13.7. The number of benzene rings is 3. The average molecular weight is 557 g/mol. The number of rotatable bonds is 7. The van der Waals surface area contributed by atoms with E-state index in [2.05, 4.69) is 10.6 Å². The number of amides is 4. The molecular weight excluding hydrogens is 520 g/mol. The SMILES string of the molecule is CCN1CCOc2ccccc2C(=O)N[C@H](C(=O)NCCc2ccccc2)CC(=O)N(Cc2ccccc2)CC1=O. The summed E-state index contributed by atoms with van der Waals surface area (Å²) in [6.45, 7) is 3.13. The molecule has 0 bridgehead atoms. The van der Waals surface area contributed by atoms with Gasteiger partial charge in [0.15, 0.2) is 0 Å². The van der Waals surface area contributed by atoms with Crippen LogP contribution in [-0.4, -0.2) is 72.3 Å². The summed E-state index contributed by atoms with van der Waals surface area (Å²) in [6, 6.07) is 24.6. The Morgan fingerprint density at radius 3 is 2.24 bits per heavy atom. The number of likely N-dealkylation sites (N-methyl/N-ethyl adjacent to an activating group) is 1. The average Bonchev–Trinajstić information content (AvgIpc) is 2.99. The number of ether oxygens (including phenoxy) is 1. The van der Waals surface area contributed by atoms with Crippen LogP contribution in [-0.2, 0) is 27.3 Å². The molecule has 3 aromatic rings. The first-order valence-electron chi connectivity index (χ1n) is 13.9. The van der Waals surface area contributed by atoms with Crippen molar-refractivity contribution in [1.29, 1.82) is 0 Å². The largest absolute Gasteiger partial charge is 0.491 e. The second-order valence-corrected chi connectivity index (χ2v) is 9.81. The molecule has 214 valence electrons. The molecule has 9 heteroatoms. The van der Waals surface area contributed by atoms with Crippen LogP contribution in [0.1, 0.15) is 34.8 Å². The highest BCUT2D eigenvalue weighted by Crippen LogP contribution is 2.19. The molecule has 1 aliphatic rings. The van der Waals surface area contributed by atoms with Crippen molar-refractivity contribution in [3.63, 3.8) is 0 Å². The van der Waals surface area contributed by atoms with Crippen molar-refractivity contribution < 1.29 is 23.9 Å². The Labute approximate surface area is 240 Å². The fraction of sp³-hybridized carbons (Fsp3) is 0.312. The van der Waals surface area contributed by atoms with E-state index in [4.69, 9.17) is 4.74 Å². The molecule has 1 aliphatic heterocycles. The van der Waals surface area contributed by atoms with E-state index < -0.39 is 23.8 Å². The fourth-order valence-electron chi connectivity index (χ4n) is 4.65. The van der Waals surface area contributed by atoms with Crippen LogP contribution in [0.3, 0.4) is 0 Å². The minimum Gasteiger partial charge on any atom is -0.491 e. The van der Waals surface area contributed by atoms with E-state index in [0.717, 1.165) is 11.1 Å². The summed E-state index contributed by atoms with van der Waals surface area (Å²) in [6.07, 6.45) is 0.289. The minimum absolute atomic E-state index is 0.158. The van der Waals surface area contributed by atoms with Crippen molar-refractivity contribution in [3.8, 4) is 5.75 Å². The normalized spacial score (nSPS) is 16.7. The molecular formula is C32H36N4O5. The van der Waals surface area contributed by atoms with Crippen molar-refractivity contribution >= 4 is 23.6 Å². The summed E-state index contributed by atoms with van der Waals surface area (Å²) >= 11 is 0. The highest BCUT2D eigenvalue weighted by molar-refractivity contribution is 6.01. The summed E-state index contributed by atoms with van der Waals surface area (Å²) < 4.78 is 5.90. The van der Waals surface area contributed by atoms with E-state index in [1.165, 1.54) is 4.90 Å². The van der Waals surface area contributed by atoms with Gasteiger partial charge in [-0.05, 0) is 36.6 Å². The molecule has 41 heavy (non-hydrogen) atoms. The van der Waals surface area contributed by atoms with Gasteiger partial charge < -0.3 is 25.2 Å². The summed E-state index contributed by atoms with van der Waals surface area (Å²) in [5.74, 6) is -1.30. The summed E-state index contributed by atoms with van der Waals surface area (Å²) in [7, 11) is 0. The molecule has 0 radical (unpaired) electrons. The predicted octanol–water partition coefficient (Wildman–Crippen LogP) is 2.80. The van der Waals surface area contributed by atoms with E-state index in [0.29, 0.717) is 31.8 Å². The third-order valence-electron chi connectivity index (χ3n) is 6.94. The Kier molecular flexibility index (Phi) is 10.5. The summed E-state index contributed by atoms with van der Waals surface area (Å²) in [5, 5.41) is 5.61. The van der Waals surface area contributed by atoms with Gasteiger partial charge in [-0.15, -0.1) is 0 Å². The van der Waals surface area contributed by atoms with Gasteiger partial charge in [0, 0.05) is 19.6 Å². The molecule has 9 nitrogen and oxygen atoms in total. The molecule has 0 aromatic heterocycles. The maximum atomic E-state index is 13.7. The first-order valence-corrected chi connectivity index (χ1v) is 13.9. The smallest absolute Gasteiger partial charge is 0.255 e. The Morgan fingerprint density at radius 2 is 1.54 bits per heavy atom. The predicted molar refractivity (Wildman–Crippen MR) is 155 cm³/mol. The lowest BCUT2D eigenvalue weighted by Crippen LogP contribution is -2.51. The Bertz CT molecular complexity index is 1330. The molecule has 0 fully saturated rings. The van der Waals surface area contributed by atoms with Crippen molar-refractivity contribution in [1.82, 2.24) is 20.4 Å². The minimum atomic E-state index is -1.16. The molecule has 0 spiro atoms. The van der Waals surface area contributed by atoms with Crippen LogP contribution in [0, 0.1) is 0 Å². The standard InChI is InChI=1S/C32H36N4O5/c1-2-35-19-20-41-28-16-10-9-15-26(28)31(39)34-27(32(40)33-18-17-24-11-5-3-6-12-24)21-29(37)36(23-30(35)38)22-25-13-7-4-8-14-25/h3-16,27H,2,17-23H2,1H3,(H,33,40)(H,34,39)/t27-/m0/s1. The molecule has 0 unspecified atom stereocenters. The summed E-state index contributed by atoms with van der Waals surface area (Å²) in [4.78, 5) is 56.8. The van der Waals surface area contributed by atoms with Gasteiger partial charge in [0.05, 0.1) is 18.5 Å². The number of para-hydroxylation sites is 1. The van der Waals surface area contributed by atoms with E-state index in [1.54, 1.807) is 29.2 Å². The Morgan fingerprint density at radius 1 is 0.878 bits per heavy atom. The van der Waals surface area contributed by atoms with Gasteiger partial charge in [-0.3, -0.25) is 19.2 Å². The molecule has 4 amide bonds. The van der Waals surface area contributed by atoms with Crippen molar-refractivity contribution in [2.45, 2.75) is 32.4 Å². The van der Waals surface area contributed by atoms with Crippen LogP contribution in [0.2, 0.25) is 0 Å². The molecule has 0 aliphatic carbocycles. The lowest BCUT2D eigenvalue weighted by atomic mass is 10.1. The molecule has 0 saturated carbocycles. The maximum Gasteiger partial charge on any atom is 0.255 e. The zero-order chi connectivity index (χ0) is 29.0. The van der Waals surface area contributed by atoms with E-state index >= 15 is 0 Å². The van der Waals surface area contributed by atoms with Gasteiger partial charge in [-0.25, -0.2) is 0 Å². The molecule has 0 saturated heterocycles. The lowest BCUT2D eigenvalue weighted by Gasteiger charge is -2.29. The van der Waals surface area contributed by atoms with Crippen LogP contribution in [0.15, 0.2) is 84.9 Å². The zero-order valence-corrected chi connectivity index (χ0v) is 23.3. The number of carbonyl (C=O) groups excluding carboxylic acids is 4. The van der Waals surface area contributed by atoms with Crippen molar-refractivity contribution in [2.75, 3.05) is 32.8 Å². The molecule has 1 atom stereocenters. The Balaban J connectivity index is 1.60. The van der Waals surface area contributed by atoms with Gasteiger partial charge >= 0.3 is 0 Å². The van der Waals surface area contributed by atoms with E-state index in [9.17, 15) is 19.2 Å². The third kappa shape index (κ3) is 8.41. The molecule has 2 N–H and O–H groups in total. The second kappa shape index (κ2) is 14.6. The molecule has 3 aromatic carbocycles. The van der Waals surface area contributed by atoms with Gasteiger partial charge in [-0.1, -0.05) is 72.8 Å². The molecule has 1 heterocycles. The number of fused-ring (bicyclic) bond motifs is 1. The highest BCUT2D eigenvalue weighted by Gasteiger charge is 2.29. The van der Waals surface area contributed by atoms with Gasteiger partial charge in [0.2, 0.25) is 17.7 Å². The first kappa shape index (κ1) is 29.3. The van der Waals surface area contributed by atoms with E-state index in [1.807, 2.05) is 67.6 Å². The lowest BCUT2D eigenvalue weighted by molar-refractivity contribution is -0.142. The van der Waals surface area contributed by atoms with Crippen LogP contribution in [0.4, 0.5) is 0 Å².